The van der Waals surface area contributed by atoms with Crippen molar-refractivity contribution in [2.24, 2.45) is 0 Å². The molecule has 3 rings (SSSR count). The van der Waals surface area contributed by atoms with E-state index in [1.165, 1.54) is 16.9 Å². The summed E-state index contributed by atoms with van der Waals surface area (Å²) in [5.74, 6) is 0.774. The number of anilines is 2. The molecule has 3 aromatic rings. The second-order valence-corrected chi connectivity index (χ2v) is 8.90. The van der Waals surface area contributed by atoms with Gasteiger partial charge in [-0.1, -0.05) is 36.8 Å². The third kappa shape index (κ3) is 4.59. The molecule has 2 heterocycles. The Bertz CT molecular complexity index is 982. The molecular weight excluding hydrogens is 368 g/mol. The van der Waals surface area contributed by atoms with Crippen LogP contribution in [0.5, 0.6) is 0 Å². The van der Waals surface area contributed by atoms with Crippen LogP contribution in [-0.2, 0) is 23.0 Å². The summed E-state index contributed by atoms with van der Waals surface area (Å²) in [4.78, 5) is 1.02. The Morgan fingerprint density at radius 1 is 1.04 bits per heavy atom. The summed E-state index contributed by atoms with van der Waals surface area (Å²) in [6.45, 7) is 4.65. The van der Waals surface area contributed by atoms with Crippen LogP contribution in [0.2, 0.25) is 0 Å². The number of rotatable bonds is 7. The van der Waals surface area contributed by atoms with Gasteiger partial charge >= 0.3 is 0 Å². The molecule has 0 unspecified atom stereocenters. The van der Waals surface area contributed by atoms with Gasteiger partial charge < -0.3 is 5.32 Å². The molecular formula is C18H20N4O2S2. The molecule has 0 atom stereocenters. The predicted octanol–water partition coefficient (Wildman–Crippen LogP) is 3.82. The van der Waals surface area contributed by atoms with Crippen molar-refractivity contribution in [3.05, 3.63) is 64.5 Å². The molecule has 0 fully saturated rings. The standard InChI is InChI=1S/C18H20N4O2S2/c1-3-15-7-10-18(25-15)26(23,24)22-17-9-8-16(20-21-17)19-12-14-6-4-5-13(2)11-14/h4-11H,3,12H2,1-2H3,(H,19,20)(H,21,22). The van der Waals surface area contributed by atoms with Gasteiger partial charge in [-0.3, -0.25) is 4.72 Å². The first-order valence-corrected chi connectivity index (χ1v) is 10.5. The molecule has 0 spiro atoms. The van der Waals surface area contributed by atoms with Crippen LogP contribution >= 0.6 is 11.3 Å². The van der Waals surface area contributed by atoms with E-state index in [4.69, 9.17) is 0 Å². The second kappa shape index (κ2) is 7.84. The fourth-order valence-corrected chi connectivity index (χ4v) is 4.67. The molecule has 136 valence electrons. The lowest BCUT2D eigenvalue weighted by Crippen LogP contribution is -2.13. The Morgan fingerprint density at radius 3 is 2.46 bits per heavy atom. The number of nitrogens with one attached hydrogen (secondary N) is 2. The summed E-state index contributed by atoms with van der Waals surface area (Å²) >= 11 is 1.26. The van der Waals surface area contributed by atoms with Gasteiger partial charge in [0, 0.05) is 11.4 Å². The van der Waals surface area contributed by atoms with Crippen molar-refractivity contribution in [1.82, 2.24) is 10.2 Å². The van der Waals surface area contributed by atoms with Gasteiger partial charge in [0.1, 0.15) is 10.0 Å². The van der Waals surface area contributed by atoms with E-state index in [1.54, 1.807) is 18.2 Å². The monoisotopic (exact) mass is 388 g/mol. The first-order chi connectivity index (χ1) is 12.5. The lowest BCUT2D eigenvalue weighted by Gasteiger charge is -2.08. The molecule has 0 saturated carbocycles. The molecule has 0 radical (unpaired) electrons. The summed E-state index contributed by atoms with van der Waals surface area (Å²) in [6, 6.07) is 14.9. The SMILES string of the molecule is CCc1ccc(S(=O)(=O)Nc2ccc(NCc3cccc(C)c3)nn2)s1. The Balaban J connectivity index is 1.63. The van der Waals surface area contributed by atoms with Crippen molar-refractivity contribution in [2.45, 2.75) is 31.0 Å². The first kappa shape index (κ1) is 18.3. The van der Waals surface area contributed by atoms with Crippen molar-refractivity contribution in [2.75, 3.05) is 10.0 Å². The molecule has 1 aromatic carbocycles. The number of hydrogen-bond donors (Lipinski definition) is 2. The van der Waals surface area contributed by atoms with Crippen LogP contribution in [0.1, 0.15) is 22.9 Å². The van der Waals surface area contributed by atoms with Crippen LogP contribution in [-0.4, -0.2) is 18.6 Å². The maximum atomic E-state index is 12.4. The van der Waals surface area contributed by atoms with Crippen molar-refractivity contribution < 1.29 is 8.42 Å². The van der Waals surface area contributed by atoms with Crippen molar-refractivity contribution >= 4 is 33.0 Å². The average Bonchev–Trinajstić information content (AvgIpc) is 3.11. The lowest BCUT2D eigenvalue weighted by molar-refractivity contribution is 0.603. The number of benzene rings is 1. The molecule has 2 N–H and O–H groups in total. The highest BCUT2D eigenvalue weighted by molar-refractivity contribution is 7.94. The molecule has 0 aliphatic carbocycles. The quantitative estimate of drug-likeness (QED) is 0.643. The molecule has 0 aliphatic heterocycles. The normalized spacial score (nSPS) is 11.3. The highest BCUT2D eigenvalue weighted by atomic mass is 32.2. The lowest BCUT2D eigenvalue weighted by atomic mass is 10.1. The molecule has 0 amide bonds. The summed E-state index contributed by atoms with van der Waals surface area (Å²) in [5, 5.41) is 11.2. The number of aromatic nitrogens is 2. The summed E-state index contributed by atoms with van der Waals surface area (Å²) in [7, 11) is -3.63. The van der Waals surface area contributed by atoms with E-state index >= 15 is 0 Å². The average molecular weight is 389 g/mol. The van der Waals surface area contributed by atoms with Gasteiger partial charge in [0.15, 0.2) is 5.82 Å². The number of aryl methyl sites for hydroxylation is 2. The van der Waals surface area contributed by atoms with E-state index in [-0.39, 0.29) is 10.0 Å². The highest BCUT2D eigenvalue weighted by Crippen LogP contribution is 2.23. The highest BCUT2D eigenvalue weighted by Gasteiger charge is 2.17. The zero-order valence-electron chi connectivity index (χ0n) is 14.6. The van der Waals surface area contributed by atoms with E-state index < -0.39 is 10.0 Å². The summed E-state index contributed by atoms with van der Waals surface area (Å²) in [5.41, 5.74) is 2.33. The Hall–Kier alpha value is -2.45. The minimum atomic E-state index is -3.63. The van der Waals surface area contributed by atoms with Crippen LogP contribution in [0.25, 0.3) is 0 Å². The van der Waals surface area contributed by atoms with Gasteiger partial charge in [0.2, 0.25) is 0 Å². The van der Waals surface area contributed by atoms with E-state index in [1.807, 2.05) is 38.1 Å². The molecule has 0 bridgehead atoms. The number of hydrogen-bond acceptors (Lipinski definition) is 6. The van der Waals surface area contributed by atoms with Crippen molar-refractivity contribution in [3.63, 3.8) is 0 Å². The van der Waals surface area contributed by atoms with E-state index in [0.29, 0.717) is 12.4 Å². The topological polar surface area (TPSA) is 84.0 Å². The maximum Gasteiger partial charge on any atom is 0.272 e. The van der Waals surface area contributed by atoms with E-state index in [0.717, 1.165) is 16.9 Å². The van der Waals surface area contributed by atoms with Gasteiger partial charge in [-0.15, -0.1) is 21.5 Å². The molecule has 2 aromatic heterocycles. The van der Waals surface area contributed by atoms with Gasteiger partial charge in [0.25, 0.3) is 10.0 Å². The third-order valence-corrected chi connectivity index (χ3v) is 6.79. The smallest absolute Gasteiger partial charge is 0.272 e. The zero-order valence-corrected chi connectivity index (χ0v) is 16.2. The molecule has 6 nitrogen and oxygen atoms in total. The fraction of sp³-hybridized carbons (Fsp3) is 0.222. The summed E-state index contributed by atoms with van der Waals surface area (Å²) in [6.07, 6.45) is 0.807. The van der Waals surface area contributed by atoms with Crippen molar-refractivity contribution in [3.8, 4) is 0 Å². The second-order valence-electron chi connectivity index (χ2n) is 5.83. The minimum Gasteiger partial charge on any atom is -0.365 e. The minimum absolute atomic E-state index is 0.192. The molecule has 0 aliphatic rings. The summed E-state index contributed by atoms with van der Waals surface area (Å²) < 4.78 is 27.5. The Labute approximate surface area is 157 Å². The molecule has 26 heavy (non-hydrogen) atoms. The van der Waals surface area contributed by atoms with Crippen LogP contribution in [0, 0.1) is 6.92 Å². The van der Waals surface area contributed by atoms with Crippen LogP contribution in [0.15, 0.2) is 52.7 Å². The number of nitrogens with zero attached hydrogens (tertiary/aromatic N) is 2. The van der Waals surface area contributed by atoms with Gasteiger partial charge in [-0.25, -0.2) is 8.42 Å². The van der Waals surface area contributed by atoms with Gasteiger partial charge in [-0.05, 0) is 43.2 Å². The fourth-order valence-electron chi connectivity index (χ4n) is 2.38. The van der Waals surface area contributed by atoms with Crippen LogP contribution < -0.4 is 10.0 Å². The molecule has 0 saturated heterocycles. The van der Waals surface area contributed by atoms with Crippen molar-refractivity contribution in [1.29, 1.82) is 0 Å². The third-order valence-electron chi connectivity index (χ3n) is 3.71. The maximum absolute atomic E-state index is 12.4. The number of sulfonamides is 1. The van der Waals surface area contributed by atoms with Crippen LogP contribution in [0.4, 0.5) is 11.6 Å². The largest absolute Gasteiger partial charge is 0.365 e. The van der Waals surface area contributed by atoms with E-state index in [9.17, 15) is 8.42 Å². The number of thiophene rings is 1. The van der Waals surface area contributed by atoms with Gasteiger partial charge in [-0.2, -0.15) is 0 Å². The first-order valence-electron chi connectivity index (χ1n) is 8.21. The molecule has 8 heteroatoms. The van der Waals surface area contributed by atoms with Crippen LogP contribution in [0.3, 0.4) is 0 Å². The van der Waals surface area contributed by atoms with E-state index in [2.05, 4.69) is 26.3 Å². The zero-order chi connectivity index (χ0) is 18.6. The van der Waals surface area contributed by atoms with Gasteiger partial charge in [0.05, 0.1) is 0 Å². The predicted molar refractivity (Wildman–Crippen MR) is 105 cm³/mol. The Kier molecular flexibility index (Phi) is 5.53. The Morgan fingerprint density at radius 2 is 1.81 bits per heavy atom.